The summed E-state index contributed by atoms with van der Waals surface area (Å²) in [6, 6.07) is 11.5. The highest BCUT2D eigenvalue weighted by molar-refractivity contribution is 6.41. The Balaban J connectivity index is 1.70. The molecule has 0 bridgehead atoms. The molecule has 0 saturated carbocycles. The Morgan fingerprint density at radius 3 is 2.44 bits per heavy atom. The number of alkyl halides is 3. The van der Waals surface area contributed by atoms with Gasteiger partial charge >= 0.3 is 24.0 Å². The molecule has 1 aromatic heterocycles. The molecule has 0 aliphatic heterocycles. The Labute approximate surface area is 195 Å². The summed E-state index contributed by atoms with van der Waals surface area (Å²) < 4.78 is 48.9. The van der Waals surface area contributed by atoms with Crippen LogP contribution in [0.5, 0.6) is 5.75 Å². The third-order valence-electron chi connectivity index (χ3n) is 4.28. The lowest BCUT2D eigenvalue weighted by Gasteiger charge is -2.11. The topological polar surface area (TPSA) is 110 Å². The molecule has 0 spiro atoms. The third-order valence-corrected chi connectivity index (χ3v) is 4.60. The summed E-state index contributed by atoms with van der Waals surface area (Å²) >= 11 is 5.81. The van der Waals surface area contributed by atoms with Crippen molar-refractivity contribution in [1.82, 2.24) is 5.43 Å². The summed E-state index contributed by atoms with van der Waals surface area (Å²) in [6.45, 7) is 1.47. The van der Waals surface area contributed by atoms with Crippen molar-refractivity contribution in [3.05, 3.63) is 82.8 Å². The Morgan fingerprint density at radius 1 is 1.03 bits per heavy atom. The van der Waals surface area contributed by atoms with E-state index in [0.717, 1.165) is 12.1 Å². The minimum atomic E-state index is -4.67. The monoisotopic (exact) mass is 493 g/mol. The number of carbonyl (C=O) groups is 3. The van der Waals surface area contributed by atoms with E-state index in [4.69, 9.17) is 20.8 Å². The Morgan fingerprint density at radius 2 is 1.76 bits per heavy atom. The molecular formula is C22H15ClF3N3O5. The molecule has 0 radical (unpaired) electrons. The number of nitrogens with one attached hydrogen (secondary N) is 2. The van der Waals surface area contributed by atoms with Gasteiger partial charge in [0.15, 0.2) is 0 Å². The molecule has 3 rings (SSSR count). The normalized spacial score (nSPS) is 11.6. The highest BCUT2D eigenvalue weighted by Gasteiger charge is 2.31. The first kappa shape index (κ1) is 24.5. The fourth-order valence-corrected chi connectivity index (χ4v) is 2.79. The Bertz CT molecular complexity index is 1260. The van der Waals surface area contributed by atoms with E-state index in [1.54, 1.807) is 18.2 Å². The number of benzene rings is 2. The first-order valence-corrected chi connectivity index (χ1v) is 9.81. The van der Waals surface area contributed by atoms with Crippen molar-refractivity contribution in [2.45, 2.75) is 13.1 Å². The lowest BCUT2D eigenvalue weighted by molar-refractivity contribution is -0.137. The summed E-state index contributed by atoms with van der Waals surface area (Å²) in [5, 5.41) is 5.61. The van der Waals surface area contributed by atoms with Gasteiger partial charge in [-0.1, -0.05) is 23.7 Å². The summed E-state index contributed by atoms with van der Waals surface area (Å²) in [6.07, 6.45) is -3.36. The van der Waals surface area contributed by atoms with Crippen LogP contribution in [0, 0.1) is 0 Å². The quantitative estimate of drug-likeness (QED) is 0.177. The van der Waals surface area contributed by atoms with E-state index >= 15 is 0 Å². The molecule has 8 nitrogen and oxygen atoms in total. The molecule has 2 aromatic carbocycles. The minimum absolute atomic E-state index is 0.0254. The molecule has 1 heterocycles. The van der Waals surface area contributed by atoms with Gasteiger partial charge in [0, 0.05) is 5.56 Å². The number of carbonyl (C=O) groups excluding carboxylic acids is 3. The molecule has 0 aliphatic carbocycles. The lowest BCUT2D eigenvalue weighted by Crippen LogP contribution is -2.33. The van der Waals surface area contributed by atoms with Gasteiger partial charge in [-0.15, -0.1) is 0 Å². The van der Waals surface area contributed by atoms with Crippen LogP contribution < -0.4 is 15.5 Å². The van der Waals surface area contributed by atoms with E-state index in [-0.39, 0.29) is 22.2 Å². The largest absolute Gasteiger partial charge is 0.457 e. The molecule has 0 unspecified atom stereocenters. The van der Waals surface area contributed by atoms with Crippen molar-refractivity contribution < 1.29 is 36.7 Å². The summed E-state index contributed by atoms with van der Waals surface area (Å²) in [5.41, 5.74) is 1.03. The van der Waals surface area contributed by atoms with Crippen molar-refractivity contribution in [2.24, 2.45) is 5.10 Å². The Kier molecular flexibility index (Phi) is 7.37. The number of amides is 2. The summed E-state index contributed by atoms with van der Waals surface area (Å²) in [7, 11) is 0. The van der Waals surface area contributed by atoms with Crippen LogP contribution in [-0.4, -0.2) is 23.5 Å². The maximum atomic E-state index is 12.9. The maximum absolute atomic E-state index is 12.9. The van der Waals surface area contributed by atoms with Crippen molar-refractivity contribution in [3.8, 4) is 5.75 Å². The van der Waals surface area contributed by atoms with Crippen LogP contribution in [0.4, 0.5) is 18.9 Å². The van der Waals surface area contributed by atoms with E-state index < -0.39 is 35.2 Å². The number of furan rings is 1. The zero-order valence-corrected chi connectivity index (χ0v) is 18.0. The maximum Gasteiger partial charge on any atom is 0.416 e. The number of hydrogen-bond acceptors (Lipinski definition) is 6. The second-order valence-corrected chi connectivity index (χ2v) is 7.05. The highest BCUT2D eigenvalue weighted by Crippen LogP contribution is 2.33. The van der Waals surface area contributed by atoms with E-state index in [9.17, 15) is 27.6 Å². The second kappa shape index (κ2) is 10.2. The van der Waals surface area contributed by atoms with Crippen molar-refractivity contribution in [1.29, 1.82) is 0 Å². The minimum Gasteiger partial charge on any atom is -0.457 e. The van der Waals surface area contributed by atoms with Gasteiger partial charge in [0.1, 0.15) is 5.75 Å². The van der Waals surface area contributed by atoms with Crippen LogP contribution in [0.3, 0.4) is 0 Å². The molecule has 34 heavy (non-hydrogen) atoms. The number of nitrogens with zero attached hydrogens (tertiary/aromatic N) is 1. The molecule has 0 atom stereocenters. The second-order valence-electron chi connectivity index (χ2n) is 6.65. The van der Waals surface area contributed by atoms with Gasteiger partial charge in [-0.2, -0.15) is 18.3 Å². The molecule has 176 valence electrons. The van der Waals surface area contributed by atoms with Crippen LogP contribution in [0.1, 0.15) is 28.6 Å². The first-order chi connectivity index (χ1) is 16.1. The van der Waals surface area contributed by atoms with Crippen molar-refractivity contribution >= 4 is 40.8 Å². The molecule has 2 N–H and O–H groups in total. The molecule has 3 aromatic rings. The molecule has 2 amide bonds. The number of anilines is 1. The summed E-state index contributed by atoms with van der Waals surface area (Å²) in [4.78, 5) is 36.3. The number of esters is 1. The highest BCUT2D eigenvalue weighted by atomic mass is 35.5. The number of hydrazone groups is 1. The fraction of sp³-hybridized carbons (Fsp3) is 0.0909. The van der Waals surface area contributed by atoms with E-state index in [2.05, 4.69) is 5.10 Å². The third kappa shape index (κ3) is 6.01. The zero-order chi connectivity index (χ0) is 24.9. The van der Waals surface area contributed by atoms with Crippen LogP contribution in [0.15, 0.2) is 70.4 Å². The SMILES string of the molecule is C/C(=N\NC(=O)C(=O)Nc1cc(C(F)(F)F)ccc1Cl)c1ccccc1OC(=O)c1ccco1. The van der Waals surface area contributed by atoms with Crippen LogP contribution in [-0.2, 0) is 15.8 Å². The van der Waals surface area contributed by atoms with Gasteiger partial charge in [-0.25, -0.2) is 10.2 Å². The van der Waals surface area contributed by atoms with E-state index in [0.29, 0.717) is 11.6 Å². The standard InChI is InChI=1S/C22H15ClF3N3O5/c1-12(14-5-2-3-6-17(14)34-21(32)18-7-4-10-33-18)28-29-20(31)19(30)27-16-11-13(22(24,25)26)8-9-15(16)23/h2-11H,1H3,(H,27,30)(H,29,31)/b28-12+. The number of hydrogen-bond donors (Lipinski definition) is 2. The average Bonchev–Trinajstić information content (AvgIpc) is 3.33. The van der Waals surface area contributed by atoms with E-state index in [1.165, 1.54) is 31.4 Å². The van der Waals surface area contributed by atoms with Crippen LogP contribution in [0.25, 0.3) is 0 Å². The predicted molar refractivity (Wildman–Crippen MR) is 116 cm³/mol. The predicted octanol–water partition coefficient (Wildman–Crippen LogP) is 4.65. The lowest BCUT2D eigenvalue weighted by atomic mass is 10.1. The molecular weight excluding hydrogens is 479 g/mol. The molecule has 0 fully saturated rings. The zero-order valence-electron chi connectivity index (χ0n) is 17.3. The van der Waals surface area contributed by atoms with Gasteiger partial charge in [-0.05, 0) is 49.4 Å². The van der Waals surface area contributed by atoms with Gasteiger partial charge in [0.05, 0.1) is 28.2 Å². The number of para-hydroxylation sites is 1. The van der Waals surface area contributed by atoms with Crippen molar-refractivity contribution in [3.63, 3.8) is 0 Å². The van der Waals surface area contributed by atoms with Gasteiger partial charge in [0.25, 0.3) is 0 Å². The first-order valence-electron chi connectivity index (χ1n) is 9.43. The fourth-order valence-electron chi connectivity index (χ4n) is 2.62. The number of rotatable bonds is 5. The molecule has 12 heteroatoms. The van der Waals surface area contributed by atoms with E-state index in [1.807, 2.05) is 10.7 Å². The van der Waals surface area contributed by atoms with Gasteiger partial charge < -0.3 is 14.5 Å². The molecule has 0 saturated heterocycles. The smallest absolute Gasteiger partial charge is 0.416 e. The number of ether oxygens (including phenoxy) is 1. The van der Waals surface area contributed by atoms with Gasteiger partial charge in [-0.3, -0.25) is 9.59 Å². The van der Waals surface area contributed by atoms with Crippen LogP contribution in [0.2, 0.25) is 5.02 Å². The van der Waals surface area contributed by atoms with Crippen LogP contribution >= 0.6 is 11.6 Å². The summed E-state index contributed by atoms with van der Waals surface area (Å²) in [5.74, 6) is -3.23. The van der Waals surface area contributed by atoms with Gasteiger partial charge in [0.2, 0.25) is 5.76 Å². The average molecular weight is 494 g/mol. The number of halogens is 4. The Hall–Kier alpha value is -4.12. The molecule has 0 aliphatic rings. The van der Waals surface area contributed by atoms with Crippen molar-refractivity contribution in [2.75, 3.05) is 5.32 Å².